The number of piperidine rings is 1. The van der Waals surface area contributed by atoms with E-state index >= 15 is 0 Å². The summed E-state index contributed by atoms with van der Waals surface area (Å²) in [6.07, 6.45) is 2.86. The third-order valence-electron chi connectivity index (χ3n) is 5.21. The number of nitrogens with zero attached hydrogens (tertiary/aromatic N) is 3. The SMILES string of the molecule is COCCC1(c2noc(-c3ccc(F)cc3)n2)CCN(CC(C)C)CC1. The molecule has 1 aromatic carbocycles. The minimum atomic E-state index is -0.275. The molecule has 5 nitrogen and oxygen atoms in total. The highest BCUT2D eigenvalue weighted by atomic mass is 19.1. The fourth-order valence-electron chi connectivity index (χ4n) is 3.71. The molecular weight excluding hydrogens is 333 g/mol. The van der Waals surface area contributed by atoms with Crippen molar-refractivity contribution in [3.8, 4) is 11.5 Å². The summed E-state index contributed by atoms with van der Waals surface area (Å²) in [7, 11) is 1.72. The number of hydrogen-bond donors (Lipinski definition) is 0. The number of rotatable bonds is 7. The van der Waals surface area contributed by atoms with E-state index in [1.54, 1.807) is 19.2 Å². The lowest BCUT2D eigenvalue weighted by Crippen LogP contribution is -2.45. The Balaban J connectivity index is 1.79. The van der Waals surface area contributed by atoms with E-state index < -0.39 is 0 Å². The molecule has 142 valence electrons. The van der Waals surface area contributed by atoms with Crippen LogP contribution in [0.2, 0.25) is 0 Å². The molecule has 1 aliphatic heterocycles. The van der Waals surface area contributed by atoms with Crippen LogP contribution in [0.5, 0.6) is 0 Å². The first-order valence-corrected chi connectivity index (χ1v) is 9.34. The van der Waals surface area contributed by atoms with Crippen LogP contribution in [0, 0.1) is 11.7 Å². The molecule has 26 heavy (non-hydrogen) atoms. The van der Waals surface area contributed by atoms with Crippen LogP contribution in [0.25, 0.3) is 11.5 Å². The Hall–Kier alpha value is -1.79. The Bertz CT molecular complexity index is 691. The topological polar surface area (TPSA) is 51.4 Å². The van der Waals surface area contributed by atoms with Gasteiger partial charge < -0.3 is 14.2 Å². The van der Waals surface area contributed by atoms with Gasteiger partial charge in [-0.15, -0.1) is 0 Å². The van der Waals surface area contributed by atoms with Crippen molar-refractivity contribution < 1.29 is 13.7 Å². The Morgan fingerprint density at radius 3 is 2.54 bits per heavy atom. The summed E-state index contributed by atoms with van der Waals surface area (Å²) in [5, 5.41) is 4.30. The van der Waals surface area contributed by atoms with E-state index in [9.17, 15) is 4.39 Å². The molecular formula is C20H28FN3O2. The molecule has 0 atom stereocenters. The van der Waals surface area contributed by atoms with Crippen molar-refractivity contribution in [3.05, 3.63) is 35.9 Å². The van der Waals surface area contributed by atoms with Crippen molar-refractivity contribution in [1.29, 1.82) is 0 Å². The van der Waals surface area contributed by atoms with E-state index in [1.165, 1.54) is 12.1 Å². The van der Waals surface area contributed by atoms with Gasteiger partial charge in [0.15, 0.2) is 5.82 Å². The summed E-state index contributed by atoms with van der Waals surface area (Å²) in [4.78, 5) is 7.18. The summed E-state index contributed by atoms with van der Waals surface area (Å²) in [5.74, 6) is 1.58. The molecule has 1 saturated heterocycles. The summed E-state index contributed by atoms with van der Waals surface area (Å²) < 4.78 is 24.0. The molecule has 6 heteroatoms. The van der Waals surface area contributed by atoms with Crippen molar-refractivity contribution in [2.24, 2.45) is 5.92 Å². The molecule has 0 bridgehead atoms. The third kappa shape index (κ3) is 4.30. The van der Waals surface area contributed by atoms with Gasteiger partial charge in [0, 0.05) is 31.2 Å². The Morgan fingerprint density at radius 1 is 1.23 bits per heavy atom. The van der Waals surface area contributed by atoms with Crippen LogP contribution in [0.4, 0.5) is 4.39 Å². The first-order chi connectivity index (χ1) is 12.5. The molecule has 2 aromatic rings. The van der Waals surface area contributed by atoms with Gasteiger partial charge in [-0.25, -0.2) is 4.39 Å². The zero-order valence-corrected chi connectivity index (χ0v) is 15.9. The number of ether oxygens (including phenoxy) is 1. The second-order valence-corrected chi connectivity index (χ2v) is 7.65. The summed E-state index contributed by atoms with van der Waals surface area (Å²) >= 11 is 0. The molecule has 0 aliphatic carbocycles. The van der Waals surface area contributed by atoms with Gasteiger partial charge in [0.05, 0.1) is 0 Å². The van der Waals surface area contributed by atoms with Crippen LogP contribution in [-0.4, -0.2) is 48.4 Å². The van der Waals surface area contributed by atoms with Gasteiger partial charge in [0.25, 0.3) is 5.89 Å². The molecule has 0 radical (unpaired) electrons. The minimum Gasteiger partial charge on any atom is -0.385 e. The molecule has 0 saturated carbocycles. The van der Waals surface area contributed by atoms with Crippen molar-refractivity contribution in [1.82, 2.24) is 15.0 Å². The first kappa shape index (κ1) is 19.0. The molecule has 1 fully saturated rings. The number of halogens is 1. The van der Waals surface area contributed by atoms with E-state index in [0.29, 0.717) is 18.4 Å². The maximum atomic E-state index is 13.1. The molecule has 0 spiro atoms. The zero-order valence-electron chi connectivity index (χ0n) is 15.9. The average Bonchev–Trinajstić information content (AvgIpc) is 3.12. The molecule has 1 aromatic heterocycles. The van der Waals surface area contributed by atoms with Gasteiger partial charge in [-0.05, 0) is 62.5 Å². The molecule has 2 heterocycles. The van der Waals surface area contributed by atoms with Gasteiger partial charge in [-0.3, -0.25) is 0 Å². The maximum Gasteiger partial charge on any atom is 0.257 e. The van der Waals surface area contributed by atoms with Crippen LogP contribution in [0.1, 0.15) is 38.9 Å². The normalized spacial score (nSPS) is 17.7. The molecule has 0 unspecified atom stereocenters. The monoisotopic (exact) mass is 361 g/mol. The van der Waals surface area contributed by atoms with Gasteiger partial charge in [0.2, 0.25) is 0 Å². The minimum absolute atomic E-state index is 0.120. The second kappa shape index (κ2) is 8.27. The largest absolute Gasteiger partial charge is 0.385 e. The predicted molar refractivity (Wildman–Crippen MR) is 98.4 cm³/mol. The van der Waals surface area contributed by atoms with Crippen molar-refractivity contribution in [2.75, 3.05) is 33.4 Å². The van der Waals surface area contributed by atoms with E-state index in [2.05, 4.69) is 28.9 Å². The zero-order chi connectivity index (χ0) is 18.6. The lowest BCUT2D eigenvalue weighted by atomic mass is 9.75. The summed E-state index contributed by atoms with van der Waals surface area (Å²) in [5.41, 5.74) is 0.620. The maximum absolute atomic E-state index is 13.1. The van der Waals surface area contributed by atoms with E-state index in [4.69, 9.17) is 9.26 Å². The number of aromatic nitrogens is 2. The van der Waals surface area contributed by atoms with E-state index in [-0.39, 0.29) is 11.2 Å². The summed E-state index contributed by atoms with van der Waals surface area (Å²) in [6.45, 7) is 8.35. The van der Waals surface area contributed by atoms with Crippen molar-refractivity contribution >= 4 is 0 Å². The highest BCUT2D eigenvalue weighted by molar-refractivity contribution is 5.52. The summed E-state index contributed by atoms with van der Waals surface area (Å²) in [6, 6.07) is 6.15. The Morgan fingerprint density at radius 2 is 1.92 bits per heavy atom. The average molecular weight is 361 g/mol. The predicted octanol–water partition coefficient (Wildman–Crippen LogP) is 3.90. The van der Waals surface area contributed by atoms with Gasteiger partial charge in [0.1, 0.15) is 5.82 Å². The third-order valence-corrected chi connectivity index (χ3v) is 5.21. The smallest absolute Gasteiger partial charge is 0.257 e. The van der Waals surface area contributed by atoms with Crippen molar-refractivity contribution in [2.45, 2.75) is 38.5 Å². The fraction of sp³-hybridized carbons (Fsp3) is 0.600. The van der Waals surface area contributed by atoms with Crippen LogP contribution in [0.3, 0.4) is 0 Å². The van der Waals surface area contributed by atoms with Gasteiger partial charge >= 0.3 is 0 Å². The van der Waals surface area contributed by atoms with Crippen LogP contribution < -0.4 is 0 Å². The standard InChI is InChI=1S/C20H28FN3O2/c1-15(2)14-24-11-8-20(9-12-24,10-13-25-3)19-22-18(26-23-19)16-4-6-17(21)7-5-16/h4-7,15H,8-14H2,1-3H3. The van der Waals surface area contributed by atoms with Crippen LogP contribution in [0.15, 0.2) is 28.8 Å². The lowest BCUT2D eigenvalue weighted by molar-refractivity contribution is 0.100. The van der Waals surface area contributed by atoms with Crippen LogP contribution >= 0.6 is 0 Å². The lowest BCUT2D eigenvalue weighted by Gasteiger charge is -2.40. The number of methoxy groups -OCH3 is 1. The highest BCUT2D eigenvalue weighted by Gasteiger charge is 2.40. The van der Waals surface area contributed by atoms with Crippen LogP contribution in [-0.2, 0) is 10.2 Å². The molecule has 0 amide bonds. The fourth-order valence-corrected chi connectivity index (χ4v) is 3.71. The van der Waals surface area contributed by atoms with Gasteiger partial charge in [-0.2, -0.15) is 4.98 Å². The van der Waals surface area contributed by atoms with Gasteiger partial charge in [-0.1, -0.05) is 19.0 Å². The quantitative estimate of drug-likeness (QED) is 0.749. The second-order valence-electron chi connectivity index (χ2n) is 7.65. The van der Waals surface area contributed by atoms with E-state index in [0.717, 1.165) is 50.3 Å². The highest BCUT2D eigenvalue weighted by Crippen LogP contribution is 2.38. The molecule has 3 rings (SSSR count). The molecule has 1 aliphatic rings. The Labute approximate surface area is 154 Å². The Kier molecular flexibility index (Phi) is 6.04. The van der Waals surface area contributed by atoms with E-state index in [1.807, 2.05) is 0 Å². The number of benzene rings is 1. The number of hydrogen-bond acceptors (Lipinski definition) is 5. The first-order valence-electron chi connectivity index (χ1n) is 9.34. The molecule has 0 N–H and O–H groups in total. The van der Waals surface area contributed by atoms with Crippen molar-refractivity contribution in [3.63, 3.8) is 0 Å². The number of likely N-dealkylation sites (tertiary alicyclic amines) is 1.